The highest BCUT2D eigenvalue weighted by Crippen LogP contribution is 2.26. The van der Waals surface area contributed by atoms with Gasteiger partial charge >= 0.3 is 5.97 Å². The number of rotatable bonds is 5. The minimum absolute atomic E-state index is 0.129. The molecule has 2 atom stereocenters. The van der Waals surface area contributed by atoms with Gasteiger partial charge in [0.15, 0.2) is 0 Å². The average molecular weight is 362 g/mol. The van der Waals surface area contributed by atoms with E-state index in [-0.39, 0.29) is 19.1 Å². The summed E-state index contributed by atoms with van der Waals surface area (Å²) in [5.74, 6) is -1.68. The molecule has 20 heavy (non-hydrogen) atoms. The van der Waals surface area contributed by atoms with Crippen LogP contribution in [0, 0.1) is 5.92 Å². The van der Waals surface area contributed by atoms with Crippen molar-refractivity contribution in [3.05, 3.63) is 20.8 Å². The highest BCUT2D eigenvalue weighted by molar-refractivity contribution is 9.11. The third-order valence-corrected chi connectivity index (χ3v) is 4.81. The Morgan fingerprint density at radius 3 is 2.85 bits per heavy atom. The van der Waals surface area contributed by atoms with Gasteiger partial charge in [-0.3, -0.25) is 9.59 Å². The Balaban J connectivity index is 2.22. The van der Waals surface area contributed by atoms with E-state index in [1.807, 2.05) is 6.92 Å². The van der Waals surface area contributed by atoms with Crippen molar-refractivity contribution in [2.75, 3.05) is 19.8 Å². The summed E-state index contributed by atoms with van der Waals surface area (Å²) in [6.07, 6.45) is 0.778. The number of amides is 1. The summed E-state index contributed by atoms with van der Waals surface area (Å²) in [5, 5.41) is 11.0. The fraction of sp³-hybridized carbons (Fsp3) is 0.538. The van der Waals surface area contributed by atoms with Gasteiger partial charge in [0.05, 0.1) is 28.6 Å². The van der Waals surface area contributed by atoms with E-state index >= 15 is 0 Å². The molecule has 0 spiro atoms. The van der Waals surface area contributed by atoms with Gasteiger partial charge in [-0.25, -0.2) is 0 Å². The van der Waals surface area contributed by atoms with E-state index in [0.717, 1.165) is 10.2 Å². The number of aliphatic carboxylic acids is 1. The molecule has 7 heteroatoms. The normalized spacial score (nSPS) is 21.9. The standard InChI is InChI=1S/C13H16BrNO4S/c1-2-3-15(10-6-19-5-9(10)13(17)18)12(16)8-4-11(14)20-7-8/h4,7,9-10H,2-3,5-6H2,1H3,(H,17,18). The maximum atomic E-state index is 12.6. The molecule has 1 aromatic rings. The lowest BCUT2D eigenvalue weighted by Gasteiger charge is -2.30. The van der Waals surface area contributed by atoms with Crippen molar-refractivity contribution in [2.24, 2.45) is 5.92 Å². The van der Waals surface area contributed by atoms with Crippen LogP contribution in [0.4, 0.5) is 0 Å². The van der Waals surface area contributed by atoms with E-state index in [0.29, 0.717) is 12.1 Å². The van der Waals surface area contributed by atoms with E-state index in [9.17, 15) is 14.7 Å². The molecule has 0 saturated carbocycles. The molecule has 0 bridgehead atoms. The lowest BCUT2D eigenvalue weighted by Crippen LogP contribution is -2.46. The number of thiophene rings is 1. The van der Waals surface area contributed by atoms with Crippen LogP contribution >= 0.6 is 27.3 Å². The molecule has 1 aliphatic heterocycles. The Kier molecular flexibility index (Phi) is 5.17. The number of nitrogens with zero attached hydrogens (tertiary/aromatic N) is 1. The van der Waals surface area contributed by atoms with E-state index in [4.69, 9.17) is 4.74 Å². The van der Waals surface area contributed by atoms with Gasteiger partial charge in [-0.15, -0.1) is 11.3 Å². The van der Waals surface area contributed by atoms with Crippen molar-refractivity contribution in [1.29, 1.82) is 0 Å². The SMILES string of the molecule is CCCN(C(=O)c1csc(Br)c1)C1COCC1C(=O)O. The fourth-order valence-corrected chi connectivity index (χ4v) is 3.46. The van der Waals surface area contributed by atoms with Crippen LogP contribution in [-0.4, -0.2) is 47.7 Å². The van der Waals surface area contributed by atoms with E-state index < -0.39 is 17.9 Å². The number of hydrogen-bond donors (Lipinski definition) is 1. The molecule has 5 nitrogen and oxygen atoms in total. The Morgan fingerprint density at radius 2 is 2.30 bits per heavy atom. The number of carboxylic acid groups (broad SMARTS) is 1. The molecule has 2 unspecified atom stereocenters. The van der Waals surface area contributed by atoms with Crippen LogP contribution < -0.4 is 0 Å². The zero-order valence-electron chi connectivity index (χ0n) is 11.0. The van der Waals surface area contributed by atoms with Crippen molar-refractivity contribution >= 4 is 39.1 Å². The number of halogens is 1. The van der Waals surface area contributed by atoms with Crippen molar-refractivity contribution in [2.45, 2.75) is 19.4 Å². The minimum Gasteiger partial charge on any atom is -0.481 e. The summed E-state index contributed by atoms with van der Waals surface area (Å²) < 4.78 is 6.15. The monoisotopic (exact) mass is 361 g/mol. The molecule has 0 radical (unpaired) electrons. The van der Waals surface area contributed by atoms with E-state index in [2.05, 4.69) is 15.9 Å². The molecular formula is C13H16BrNO4S. The number of carboxylic acids is 1. The van der Waals surface area contributed by atoms with Gasteiger partial charge in [0.1, 0.15) is 5.92 Å². The van der Waals surface area contributed by atoms with Crippen LogP contribution in [0.1, 0.15) is 23.7 Å². The number of hydrogen-bond acceptors (Lipinski definition) is 4. The van der Waals surface area contributed by atoms with Gasteiger partial charge < -0.3 is 14.7 Å². The first kappa shape index (κ1) is 15.5. The summed E-state index contributed by atoms with van der Waals surface area (Å²) in [4.78, 5) is 25.5. The summed E-state index contributed by atoms with van der Waals surface area (Å²) in [5.41, 5.74) is 0.589. The topological polar surface area (TPSA) is 66.8 Å². The summed E-state index contributed by atoms with van der Waals surface area (Å²) in [6.45, 7) is 2.95. The molecule has 1 saturated heterocycles. The molecule has 0 aliphatic carbocycles. The van der Waals surface area contributed by atoms with Gasteiger partial charge in [0, 0.05) is 11.9 Å². The lowest BCUT2D eigenvalue weighted by atomic mass is 10.0. The zero-order valence-corrected chi connectivity index (χ0v) is 13.4. The zero-order chi connectivity index (χ0) is 14.7. The summed E-state index contributed by atoms with van der Waals surface area (Å²) >= 11 is 4.78. The Labute approximate surface area is 129 Å². The predicted octanol–water partition coefficient (Wildman–Crippen LogP) is 2.46. The molecule has 110 valence electrons. The minimum atomic E-state index is -0.909. The van der Waals surface area contributed by atoms with Crippen molar-refractivity contribution in [1.82, 2.24) is 4.90 Å². The van der Waals surface area contributed by atoms with Crippen LogP contribution in [0.2, 0.25) is 0 Å². The second kappa shape index (κ2) is 6.69. The first-order valence-corrected chi connectivity index (χ1v) is 8.07. The number of ether oxygens (including phenoxy) is 1. The van der Waals surface area contributed by atoms with Crippen LogP contribution in [0.3, 0.4) is 0 Å². The van der Waals surface area contributed by atoms with Crippen LogP contribution in [0.25, 0.3) is 0 Å². The Hall–Kier alpha value is -0.920. The van der Waals surface area contributed by atoms with Crippen LogP contribution in [0.15, 0.2) is 15.2 Å². The van der Waals surface area contributed by atoms with Crippen molar-refractivity contribution in [3.8, 4) is 0 Å². The molecule has 1 aliphatic rings. The number of carbonyl (C=O) groups excluding carboxylic acids is 1. The lowest BCUT2D eigenvalue weighted by molar-refractivity contribution is -0.142. The van der Waals surface area contributed by atoms with Gasteiger partial charge in [-0.05, 0) is 28.4 Å². The first-order valence-electron chi connectivity index (χ1n) is 6.40. The third kappa shape index (κ3) is 3.21. The van der Waals surface area contributed by atoms with Gasteiger partial charge in [-0.1, -0.05) is 6.92 Å². The highest BCUT2D eigenvalue weighted by Gasteiger charge is 2.40. The van der Waals surface area contributed by atoms with Gasteiger partial charge in [-0.2, -0.15) is 0 Å². The van der Waals surface area contributed by atoms with Crippen molar-refractivity contribution < 1.29 is 19.4 Å². The van der Waals surface area contributed by atoms with Gasteiger partial charge in [0.25, 0.3) is 5.91 Å². The molecule has 1 N–H and O–H groups in total. The molecule has 1 aromatic heterocycles. The van der Waals surface area contributed by atoms with Crippen LogP contribution in [-0.2, 0) is 9.53 Å². The quantitative estimate of drug-likeness (QED) is 0.874. The molecular weight excluding hydrogens is 346 g/mol. The second-order valence-electron chi connectivity index (χ2n) is 4.69. The predicted molar refractivity (Wildman–Crippen MR) is 79.1 cm³/mol. The highest BCUT2D eigenvalue weighted by atomic mass is 79.9. The summed E-state index contributed by atoms with van der Waals surface area (Å²) in [7, 11) is 0. The van der Waals surface area contributed by atoms with Gasteiger partial charge in [0.2, 0.25) is 0 Å². The average Bonchev–Trinajstić information content (AvgIpc) is 3.03. The largest absolute Gasteiger partial charge is 0.481 e. The first-order chi connectivity index (χ1) is 9.54. The van der Waals surface area contributed by atoms with E-state index in [1.165, 1.54) is 11.3 Å². The molecule has 2 rings (SSSR count). The van der Waals surface area contributed by atoms with Crippen molar-refractivity contribution in [3.63, 3.8) is 0 Å². The smallest absolute Gasteiger partial charge is 0.311 e. The number of carbonyl (C=O) groups is 2. The third-order valence-electron chi connectivity index (χ3n) is 3.31. The molecule has 2 heterocycles. The molecule has 1 amide bonds. The van der Waals surface area contributed by atoms with E-state index in [1.54, 1.807) is 16.3 Å². The van der Waals surface area contributed by atoms with Crippen LogP contribution in [0.5, 0.6) is 0 Å². The Morgan fingerprint density at radius 1 is 1.55 bits per heavy atom. The molecule has 1 fully saturated rings. The summed E-state index contributed by atoms with van der Waals surface area (Å²) in [6, 6.07) is 1.37. The maximum Gasteiger partial charge on any atom is 0.311 e. The maximum absolute atomic E-state index is 12.6. The molecule has 0 aromatic carbocycles. The fourth-order valence-electron chi connectivity index (χ4n) is 2.33. The Bertz CT molecular complexity index is 504. The second-order valence-corrected chi connectivity index (χ2v) is 6.98.